The third-order valence-corrected chi connectivity index (χ3v) is 1.41. The number of rotatable bonds is 3. The first-order valence-electron chi connectivity index (χ1n) is 3.93. The molecule has 0 aliphatic heterocycles. The summed E-state index contributed by atoms with van der Waals surface area (Å²) in [5, 5.41) is 0. The van der Waals surface area contributed by atoms with E-state index in [0.717, 1.165) is 0 Å². The van der Waals surface area contributed by atoms with E-state index in [-0.39, 0.29) is 0 Å². The molecule has 0 aliphatic rings. The molecule has 0 amide bonds. The number of ether oxygens (including phenoxy) is 1. The molecule has 0 atom stereocenters. The van der Waals surface area contributed by atoms with Crippen molar-refractivity contribution in [2.75, 3.05) is 0 Å². The highest BCUT2D eigenvalue weighted by Gasteiger charge is 2.60. The van der Waals surface area contributed by atoms with Crippen molar-refractivity contribution < 1.29 is 57.4 Å². The number of hydrogen-bond acceptors (Lipinski definition) is 1. The molecule has 0 saturated carbocycles. The van der Waals surface area contributed by atoms with Gasteiger partial charge in [-0.05, 0) is 0 Å². The molecule has 13 heteroatoms. The van der Waals surface area contributed by atoms with Crippen LogP contribution in [0.5, 0.6) is 0 Å². The molecule has 1 nitrogen and oxygen atoms in total. The fourth-order valence-electron chi connectivity index (χ4n) is 0.761. The van der Waals surface area contributed by atoms with Gasteiger partial charge in [-0.1, -0.05) is 0 Å². The second-order valence-electron chi connectivity index (χ2n) is 2.84. The van der Waals surface area contributed by atoms with E-state index in [4.69, 9.17) is 0 Å². The van der Waals surface area contributed by atoms with Crippen LogP contribution < -0.4 is 0 Å². The maximum Gasteiger partial charge on any atom is 0.443 e. The van der Waals surface area contributed by atoms with Gasteiger partial charge in [0, 0.05) is 0 Å². The average molecular weight is 328 g/mol. The molecule has 0 spiro atoms. The van der Waals surface area contributed by atoms with E-state index in [2.05, 4.69) is 4.74 Å². The van der Waals surface area contributed by atoms with Crippen LogP contribution in [0.3, 0.4) is 0 Å². The van der Waals surface area contributed by atoms with E-state index >= 15 is 0 Å². The second-order valence-corrected chi connectivity index (χ2v) is 2.84. The number of allylic oxidation sites excluding steroid dienone is 1. The average Bonchev–Trinajstić information content (AvgIpc) is 2.11. The minimum absolute atomic E-state index is 2.12. The highest BCUT2D eigenvalue weighted by Crippen LogP contribution is 2.46. The van der Waals surface area contributed by atoms with Gasteiger partial charge >= 0.3 is 30.6 Å². The lowest BCUT2D eigenvalue weighted by atomic mass is 10.2. The summed E-state index contributed by atoms with van der Waals surface area (Å²) in [7, 11) is 0. The summed E-state index contributed by atoms with van der Waals surface area (Å²) in [6.45, 7) is 0. The molecule has 0 aromatic heterocycles. The Bertz CT molecular complexity index is 420. The van der Waals surface area contributed by atoms with Gasteiger partial charge in [-0.2, -0.15) is 48.3 Å². The summed E-state index contributed by atoms with van der Waals surface area (Å²) in [4.78, 5) is 0. The number of halogens is 12. The highest BCUT2D eigenvalue weighted by molar-refractivity contribution is 5.23. The summed E-state index contributed by atoms with van der Waals surface area (Å²) in [5.41, 5.74) is -4.30. The fourth-order valence-corrected chi connectivity index (χ4v) is 0.761. The molecule has 0 heterocycles. The van der Waals surface area contributed by atoms with Gasteiger partial charge in [0.2, 0.25) is 5.83 Å². The highest BCUT2D eigenvalue weighted by atomic mass is 19.4. The van der Waals surface area contributed by atoms with E-state index in [1.54, 1.807) is 0 Å². The van der Waals surface area contributed by atoms with Crippen molar-refractivity contribution in [3.05, 3.63) is 23.5 Å². The topological polar surface area (TPSA) is 9.23 Å². The van der Waals surface area contributed by atoms with Crippen molar-refractivity contribution in [1.82, 2.24) is 0 Å². The zero-order valence-corrected chi connectivity index (χ0v) is 8.44. The maximum atomic E-state index is 12.6. The zero-order chi connectivity index (χ0) is 16.5. The first-order chi connectivity index (χ1) is 8.60. The van der Waals surface area contributed by atoms with E-state index in [0.29, 0.717) is 0 Å². The Kier molecular flexibility index (Phi) is 5.01. The molecule has 0 aliphatic carbocycles. The van der Waals surface area contributed by atoms with E-state index in [1.807, 2.05) is 0 Å². The van der Waals surface area contributed by atoms with Crippen LogP contribution >= 0.6 is 0 Å². The molecule has 0 fully saturated rings. The van der Waals surface area contributed by atoms with Crippen LogP contribution in [-0.4, -0.2) is 18.5 Å². The maximum absolute atomic E-state index is 12.6. The predicted molar refractivity (Wildman–Crippen MR) is 36.6 cm³/mol. The number of hydrogen-bond donors (Lipinski definition) is 0. The smallest absolute Gasteiger partial charge is 0.398 e. The normalized spacial score (nSPS) is 14.8. The lowest BCUT2D eigenvalue weighted by Gasteiger charge is -2.22. The molecule has 0 rings (SSSR count). The van der Waals surface area contributed by atoms with Crippen molar-refractivity contribution in [1.29, 1.82) is 0 Å². The van der Waals surface area contributed by atoms with E-state index in [1.165, 1.54) is 0 Å². The molecular weight excluding hydrogens is 328 g/mol. The summed E-state index contributed by atoms with van der Waals surface area (Å²) < 4.78 is 145. The SMILES string of the molecule is FC(F)=C(F)OC(F)(F)C(=C(F)C(F)(F)F)C(F)(F)F. The summed E-state index contributed by atoms with van der Waals surface area (Å²) in [6.07, 6.45) is -23.2. The van der Waals surface area contributed by atoms with Crippen molar-refractivity contribution in [2.45, 2.75) is 18.5 Å². The van der Waals surface area contributed by atoms with Gasteiger partial charge in [0.05, 0.1) is 0 Å². The Balaban J connectivity index is 6.00. The minimum Gasteiger partial charge on any atom is -0.398 e. The van der Waals surface area contributed by atoms with Crippen LogP contribution in [0.2, 0.25) is 0 Å². The van der Waals surface area contributed by atoms with Crippen LogP contribution in [0.15, 0.2) is 23.5 Å². The quantitative estimate of drug-likeness (QED) is 0.524. The molecule has 0 bridgehead atoms. The molecule has 0 saturated heterocycles. The summed E-state index contributed by atoms with van der Waals surface area (Å²) in [6, 6.07) is -3.59. The van der Waals surface area contributed by atoms with Crippen LogP contribution in [0.25, 0.3) is 0 Å². The number of alkyl halides is 8. The van der Waals surface area contributed by atoms with Gasteiger partial charge < -0.3 is 4.74 Å². The van der Waals surface area contributed by atoms with Gasteiger partial charge in [0.15, 0.2) is 5.57 Å². The van der Waals surface area contributed by atoms with Crippen LogP contribution in [0.4, 0.5) is 52.7 Å². The Hall–Kier alpha value is -1.56. The molecule has 20 heavy (non-hydrogen) atoms. The van der Waals surface area contributed by atoms with Gasteiger partial charge in [-0.25, -0.2) is 4.39 Å². The molecule has 0 radical (unpaired) electrons. The standard InChI is InChI=1S/C7F12O/c8-2(6(15,16)17)1(5(12,13)14)7(18,19)20-4(11)3(9)10. The third-order valence-electron chi connectivity index (χ3n) is 1.41. The van der Waals surface area contributed by atoms with Crippen LogP contribution in [-0.2, 0) is 4.74 Å². The predicted octanol–water partition coefficient (Wildman–Crippen LogP) is 4.98. The summed E-state index contributed by atoms with van der Waals surface area (Å²) in [5.74, 6) is -4.36. The molecule has 0 unspecified atom stereocenters. The van der Waals surface area contributed by atoms with Crippen LogP contribution in [0, 0.1) is 0 Å². The van der Waals surface area contributed by atoms with Gasteiger partial charge in [-0.3, -0.25) is 0 Å². The second kappa shape index (κ2) is 5.44. The fraction of sp³-hybridized carbons (Fsp3) is 0.429. The van der Waals surface area contributed by atoms with Gasteiger partial charge in [0.1, 0.15) is 0 Å². The van der Waals surface area contributed by atoms with E-state index in [9.17, 15) is 52.7 Å². The van der Waals surface area contributed by atoms with Gasteiger partial charge in [0.25, 0.3) is 0 Å². The minimum atomic E-state index is -6.67. The largest absolute Gasteiger partial charge is 0.443 e. The monoisotopic (exact) mass is 328 g/mol. The lowest BCUT2D eigenvalue weighted by Crippen LogP contribution is -2.35. The van der Waals surface area contributed by atoms with Crippen molar-refractivity contribution in [3.8, 4) is 0 Å². The van der Waals surface area contributed by atoms with Crippen LogP contribution in [0.1, 0.15) is 0 Å². The first-order valence-corrected chi connectivity index (χ1v) is 3.93. The van der Waals surface area contributed by atoms with Crippen molar-refractivity contribution in [3.63, 3.8) is 0 Å². The summed E-state index contributed by atoms with van der Waals surface area (Å²) >= 11 is 0. The lowest BCUT2D eigenvalue weighted by molar-refractivity contribution is -0.242. The van der Waals surface area contributed by atoms with Crippen molar-refractivity contribution >= 4 is 0 Å². The molecule has 0 aromatic carbocycles. The molecule has 118 valence electrons. The molecular formula is C7F12O. The Morgan fingerprint density at radius 1 is 0.650 bits per heavy atom. The Morgan fingerprint density at radius 2 is 1.05 bits per heavy atom. The molecule has 0 N–H and O–H groups in total. The zero-order valence-electron chi connectivity index (χ0n) is 8.44. The Labute approximate surface area is 101 Å². The third kappa shape index (κ3) is 4.52. The first kappa shape index (κ1) is 18.4. The van der Waals surface area contributed by atoms with Gasteiger partial charge in [-0.15, -0.1) is 0 Å². The van der Waals surface area contributed by atoms with Crippen molar-refractivity contribution in [2.24, 2.45) is 0 Å². The molecule has 0 aromatic rings. The van der Waals surface area contributed by atoms with E-state index < -0.39 is 42.0 Å². The Morgan fingerprint density at radius 3 is 1.30 bits per heavy atom.